The first-order chi connectivity index (χ1) is 8.20. The molecule has 0 saturated heterocycles. The molecule has 0 amide bonds. The minimum Gasteiger partial charge on any atom is -0.0776 e. The Labute approximate surface area is 112 Å². The largest absolute Gasteiger partial charge is 0.0776 e. The van der Waals surface area contributed by atoms with Gasteiger partial charge < -0.3 is 0 Å². The van der Waals surface area contributed by atoms with Gasteiger partial charge in [0.15, 0.2) is 0 Å². The van der Waals surface area contributed by atoms with Crippen LogP contribution in [0.3, 0.4) is 0 Å². The third kappa shape index (κ3) is 3.22. The van der Waals surface area contributed by atoms with Crippen molar-refractivity contribution in [3.05, 3.63) is 59.7 Å². The van der Waals surface area contributed by atoms with Crippen LogP contribution in [0.15, 0.2) is 48.5 Å². The molecule has 0 aliphatic carbocycles. The summed E-state index contributed by atoms with van der Waals surface area (Å²) in [5.41, 5.74) is 5.40. The molecule has 96 valence electrons. The van der Waals surface area contributed by atoms with Crippen molar-refractivity contribution in [2.45, 2.75) is 40.5 Å². The van der Waals surface area contributed by atoms with E-state index in [0.717, 1.165) is 6.42 Å². The first kappa shape index (κ1) is 14.5. The second-order valence-corrected chi connectivity index (χ2v) is 4.83. The van der Waals surface area contributed by atoms with E-state index >= 15 is 0 Å². The molecule has 0 unspecified atom stereocenters. The van der Waals surface area contributed by atoms with Crippen molar-refractivity contribution in [3.63, 3.8) is 0 Å². The second kappa shape index (κ2) is 6.39. The standard InChI is InChI=1S/C17H20.CH4/c1-4-14-5-7-16(8-6-14)17-11-9-15(10-12-17)13(2)3;/h5-13H,4H2,1-3H3;1H4. The molecule has 0 N–H and O–H groups in total. The highest BCUT2D eigenvalue weighted by molar-refractivity contribution is 5.64. The Morgan fingerprint density at radius 2 is 1.22 bits per heavy atom. The summed E-state index contributed by atoms with van der Waals surface area (Å²) in [6.07, 6.45) is 1.10. The van der Waals surface area contributed by atoms with Crippen LogP contribution in [-0.2, 0) is 6.42 Å². The van der Waals surface area contributed by atoms with Gasteiger partial charge in [-0.15, -0.1) is 0 Å². The molecule has 0 nitrogen and oxygen atoms in total. The van der Waals surface area contributed by atoms with Crippen molar-refractivity contribution < 1.29 is 0 Å². The highest BCUT2D eigenvalue weighted by Gasteiger charge is 2.00. The molecule has 2 aromatic rings. The first-order valence-corrected chi connectivity index (χ1v) is 6.40. The summed E-state index contributed by atoms with van der Waals surface area (Å²) in [5, 5.41) is 0. The second-order valence-electron chi connectivity index (χ2n) is 4.83. The highest BCUT2D eigenvalue weighted by atomic mass is 14.1. The van der Waals surface area contributed by atoms with Crippen LogP contribution in [0.1, 0.15) is 45.2 Å². The van der Waals surface area contributed by atoms with Crippen LogP contribution in [-0.4, -0.2) is 0 Å². The Morgan fingerprint density at radius 1 is 0.778 bits per heavy atom. The van der Waals surface area contributed by atoms with Crippen LogP contribution >= 0.6 is 0 Å². The van der Waals surface area contributed by atoms with Gasteiger partial charge in [0, 0.05) is 0 Å². The van der Waals surface area contributed by atoms with Gasteiger partial charge >= 0.3 is 0 Å². The van der Waals surface area contributed by atoms with Gasteiger partial charge in [0.2, 0.25) is 0 Å². The van der Waals surface area contributed by atoms with Crippen molar-refractivity contribution in [1.29, 1.82) is 0 Å². The fraction of sp³-hybridized carbons (Fsp3) is 0.333. The van der Waals surface area contributed by atoms with Gasteiger partial charge in [-0.1, -0.05) is 76.7 Å². The number of hydrogen-bond donors (Lipinski definition) is 0. The minimum absolute atomic E-state index is 0. The zero-order chi connectivity index (χ0) is 12.3. The maximum Gasteiger partial charge on any atom is -0.0184 e. The topological polar surface area (TPSA) is 0 Å². The molecule has 0 bridgehead atoms. The van der Waals surface area contributed by atoms with Crippen molar-refractivity contribution in [1.82, 2.24) is 0 Å². The van der Waals surface area contributed by atoms with Crippen molar-refractivity contribution >= 4 is 0 Å². The molecule has 0 radical (unpaired) electrons. The van der Waals surface area contributed by atoms with Crippen LogP contribution in [0.4, 0.5) is 0 Å². The molecule has 2 rings (SSSR count). The van der Waals surface area contributed by atoms with Crippen LogP contribution in [0.2, 0.25) is 0 Å². The van der Waals surface area contributed by atoms with Gasteiger partial charge in [-0.3, -0.25) is 0 Å². The van der Waals surface area contributed by atoms with Gasteiger partial charge in [0.25, 0.3) is 0 Å². The fourth-order valence-corrected chi connectivity index (χ4v) is 1.99. The molecular formula is C18H24. The predicted octanol–water partition coefficient (Wildman–Crippen LogP) is 5.68. The molecule has 0 heteroatoms. The summed E-state index contributed by atoms with van der Waals surface area (Å²) >= 11 is 0. The molecule has 0 aliphatic heterocycles. The van der Waals surface area contributed by atoms with E-state index in [4.69, 9.17) is 0 Å². The van der Waals surface area contributed by atoms with E-state index in [0.29, 0.717) is 5.92 Å². The van der Waals surface area contributed by atoms with E-state index in [1.807, 2.05) is 0 Å². The molecule has 18 heavy (non-hydrogen) atoms. The molecule has 2 aromatic carbocycles. The van der Waals surface area contributed by atoms with Gasteiger partial charge in [-0.05, 0) is 34.6 Å². The molecule has 0 fully saturated rings. The van der Waals surface area contributed by atoms with E-state index in [2.05, 4.69) is 69.3 Å². The smallest absolute Gasteiger partial charge is 0.0184 e. The molecule has 0 aliphatic rings. The van der Waals surface area contributed by atoms with E-state index < -0.39 is 0 Å². The summed E-state index contributed by atoms with van der Waals surface area (Å²) in [7, 11) is 0. The summed E-state index contributed by atoms with van der Waals surface area (Å²) in [6.45, 7) is 6.64. The van der Waals surface area contributed by atoms with Gasteiger partial charge in [-0.2, -0.15) is 0 Å². The monoisotopic (exact) mass is 240 g/mol. The molecule has 0 atom stereocenters. The highest BCUT2D eigenvalue weighted by Crippen LogP contribution is 2.23. The Kier molecular flexibility index (Phi) is 5.15. The lowest BCUT2D eigenvalue weighted by atomic mass is 9.98. The average molecular weight is 240 g/mol. The normalized spacial score (nSPS) is 10.2. The van der Waals surface area contributed by atoms with Crippen molar-refractivity contribution in [2.75, 3.05) is 0 Å². The first-order valence-electron chi connectivity index (χ1n) is 6.40. The maximum absolute atomic E-state index is 2.23. The van der Waals surface area contributed by atoms with Crippen LogP contribution in [0.25, 0.3) is 11.1 Å². The lowest BCUT2D eigenvalue weighted by molar-refractivity contribution is 0.867. The maximum atomic E-state index is 2.23. The quantitative estimate of drug-likeness (QED) is 0.648. The van der Waals surface area contributed by atoms with Crippen LogP contribution in [0, 0.1) is 0 Å². The molecule has 0 saturated carbocycles. The average Bonchev–Trinajstić information content (AvgIpc) is 2.39. The van der Waals surface area contributed by atoms with E-state index in [-0.39, 0.29) is 7.43 Å². The number of benzene rings is 2. The van der Waals surface area contributed by atoms with Gasteiger partial charge in [0.1, 0.15) is 0 Å². The Balaban J connectivity index is 0.00000162. The van der Waals surface area contributed by atoms with Gasteiger partial charge in [0.05, 0.1) is 0 Å². The molecule has 0 spiro atoms. The molecular weight excluding hydrogens is 216 g/mol. The van der Waals surface area contributed by atoms with Crippen LogP contribution < -0.4 is 0 Å². The lowest BCUT2D eigenvalue weighted by Crippen LogP contribution is -1.87. The summed E-state index contributed by atoms with van der Waals surface area (Å²) in [6, 6.07) is 17.7. The van der Waals surface area contributed by atoms with Crippen LogP contribution in [0.5, 0.6) is 0 Å². The zero-order valence-corrected chi connectivity index (χ0v) is 10.9. The van der Waals surface area contributed by atoms with E-state index in [1.54, 1.807) is 0 Å². The van der Waals surface area contributed by atoms with Crippen molar-refractivity contribution in [3.8, 4) is 11.1 Å². The fourth-order valence-electron chi connectivity index (χ4n) is 1.99. The summed E-state index contributed by atoms with van der Waals surface area (Å²) < 4.78 is 0. The predicted molar refractivity (Wildman–Crippen MR) is 82.1 cm³/mol. The number of aryl methyl sites for hydroxylation is 1. The van der Waals surface area contributed by atoms with Gasteiger partial charge in [-0.25, -0.2) is 0 Å². The van der Waals surface area contributed by atoms with Crippen molar-refractivity contribution in [2.24, 2.45) is 0 Å². The zero-order valence-electron chi connectivity index (χ0n) is 10.9. The number of rotatable bonds is 3. The third-order valence-electron chi connectivity index (χ3n) is 3.27. The number of hydrogen-bond acceptors (Lipinski definition) is 0. The Bertz CT molecular complexity index is 460. The molecule has 0 aromatic heterocycles. The lowest BCUT2D eigenvalue weighted by Gasteiger charge is -2.07. The Hall–Kier alpha value is -1.56. The summed E-state index contributed by atoms with van der Waals surface area (Å²) in [5.74, 6) is 0.603. The minimum atomic E-state index is 0. The Morgan fingerprint density at radius 3 is 1.61 bits per heavy atom. The summed E-state index contributed by atoms with van der Waals surface area (Å²) in [4.78, 5) is 0. The molecule has 0 heterocycles. The van der Waals surface area contributed by atoms with E-state index in [9.17, 15) is 0 Å². The van der Waals surface area contributed by atoms with E-state index in [1.165, 1.54) is 22.3 Å². The third-order valence-corrected chi connectivity index (χ3v) is 3.27. The SMILES string of the molecule is C.CCc1ccc(-c2ccc(C(C)C)cc2)cc1.